The van der Waals surface area contributed by atoms with Crippen molar-refractivity contribution >= 4 is 10.9 Å². The summed E-state index contributed by atoms with van der Waals surface area (Å²) in [6, 6.07) is 11.5. The minimum Gasteiger partial charge on any atom is -0.261 e. The third-order valence-corrected chi connectivity index (χ3v) is 2.67. The van der Waals surface area contributed by atoms with Crippen LogP contribution in [0.15, 0.2) is 48.9 Å². The number of hydrogen-bond donors (Lipinski definition) is 0. The lowest BCUT2D eigenvalue weighted by molar-refractivity contribution is 1.18. The number of nitriles is 1. The SMILES string of the molecule is N#Cc1cccc2ccc(-c3cnccn3)nc12. The predicted molar refractivity (Wildman–Crippen MR) is 67.5 cm³/mol. The summed E-state index contributed by atoms with van der Waals surface area (Å²) in [6.45, 7) is 0. The average Bonchev–Trinajstić information content (AvgIpc) is 2.47. The Kier molecular flexibility index (Phi) is 2.43. The minimum atomic E-state index is 0.568. The lowest BCUT2D eigenvalue weighted by atomic mass is 10.1. The third-order valence-electron chi connectivity index (χ3n) is 2.67. The highest BCUT2D eigenvalue weighted by atomic mass is 14.8. The maximum Gasteiger partial charge on any atom is 0.107 e. The molecule has 0 bridgehead atoms. The van der Waals surface area contributed by atoms with Gasteiger partial charge in [-0.2, -0.15) is 5.26 Å². The predicted octanol–water partition coefficient (Wildman–Crippen LogP) is 2.56. The van der Waals surface area contributed by atoms with Gasteiger partial charge in [0.2, 0.25) is 0 Å². The fourth-order valence-electron chi connectivity index (χ4n) is 1.81. The van der Waals surface area contributed by atoms with Crippen molar-refractivity contribution in [2.75, 3.05) is 0 Å². The van der Waals surface area contributed by atoms with Crippen LogP contribution >= 0.6 is 0 Å². The van der Waals surface area contributed by atoms with Gasteiger partial charge in [-0.15, -0.1) is 0 Å². The van der Waals surface area contributed by atoms with Gasteiger partial charge in [0.25, 0.3) is 0 Å². The smallest absolute Gasteiger partial charge is 0.107 e. The van der Waals surface area contributed by atoms with Crippen molar-refractivity contribution in [3.63, 3.8) is 0 Å². The van der Waals surface area contributed by atoms with E-state index in [4.69, 9.17) is 5.26 Å². The van der Waals surface area contributed by atoms with E-state index in [1.807, 2.05) is 24.3 Å². The molecule has 0 unspecified atom stereocenters. The van der Waals surface area contributed by atoms with Gasteiger partial charge in [0.15, 0.2) is 0 Å². The standard InChI is InChI=1S/C14H8N4/c15-8-11-3-1-2-10-4-5-12(18-14(10)11)13-9-16-6-7-17-13/h1-7,9H. The summed E-state index contributed by atoms with van der Waals surface area (Å²) in [7, 11) is 0. The molecule has 4 heteroatoms. The number of nitrogens with zero attached hydrogens (tertiary/aromatic N) is 4. The van der Waals surface area contributed by atoms with Crippen LogP contribution in [0.3, 0.4) is 0 Å². The number of pyridine rings is 1. The average molecular weight is 232 g/mol. The van der Waals surface area contributed by atoms with Crippen LogP contribution in [0.1, 0.15) is 5.56 Å². The van der Waals surface area contributed by atoms with Gasteiger partial charge in [-0.3, -0.25) is 9.97 Å². The minimum absolute atomic E-state index is 0.568. The first-order chi connectivity index (χ1) is 8.88. The Morgan fingerprint density at radius 3 is 2.72 bits per heavy atom. The molecule has 0 radical (unpaired) electrons. The third kappa shape index (κ3) is 1.68. The zero-order chi connectivity index (χ0) is 12.4. The molecule has 3 rings (SSSR count). The summed E-state index contributed by atoms with van der Waals surface area (Å²) < 4.78 is 0. The van der Waals surface area contributed by atoms with Gasteiger partial charge in [0.05, 0.1) is 23.0 Å². The molecule has 18 heavy (non-hydrogen) atoms. The number of benzene rings is 1. The van der Waals surface area contributed by atoms with Crippen LogP contribution < -0.4 is 0 Å². The van der Waals surface area contributed by atoms with Crippen LogP contribution in [-0.4, -0.2) is 15.0 Å². The fraction of sp³-hybridized carbons (Fsp3) is 0. The van der Waals surface area contributed by atoms with Gasteiger partial charge in [-0.05, 0) is 12.1 Å². The number of hydrogen-bond acceptors (Lipinski definition) is 4. The Morgan fingerprint density at radius 1 is 1.00 bits per heavy atom. The Labute approximate surface area is 104 Å². The monoisotopic (exact) mass is 232 g/mol. The summed E-state index contributed by atoms with van der Waals surface area (Å²) >= 11 is 0. The van der Waals surface area contributed by atoms with E-state index in [0.29, 0.717) is 16.8 Å². The fourth-order valence-corrected chi connectivity index (χ4v) is 1.81. The van der Waals surface area contributed by atoms with Gasteiger partial charge in [-0.25, -0.2) is 4.98 Å². The molecule has 4 nitrogen and oxygen atoms in total. The molecule has 0 amide bonds. The van der Waals surface area contributed by atoms with Crippen molar-refractivity contribution in [2.45, 2.75) is 0 Å². The van der Waals surface area contributed by atoms with Gasteiger partial charge in [0, 0.05) is 17.8 Å². The van der Waals surface area contributed by atoms with Crippen LogP contribution in [0, 0.1) is 11.3 Å². The van der Waals surface area contributed by atoms with Crippen LogP contribution in [-0.2, 0) is 0 Å². The Bertz CT molecular complexity index is 745. The van der Waals surface area contributed by atoms with Crippen molar-refractivity contribution in [3.05, 3.63) is 54.5 Å². The van der Waals surface area contributed by atoms with Gasteiger partial charge >= 0.3 is 0 Å². The van der Waals surface area contributed by atoms with Crippen LogP contribution in [0.4, 0.5) is 0 Å². The molecule has 2 aromatic heterocycles. The summed E-state index contributed by atoms with van der Waals surface area (Å²) in [5.41, 5.74) is 2.69. The molecule has 0 spiro atoms. The van der Waals surface area contributed by atoms with Gasteiger partial charge < -0.3 is 0 Å². The van der Waals surface area contributed by atoms with E-state index in [2.05, 4.69) is 21.0 Å². The van der Waals surface area contributed by atoms with Crippen molar-refractivity contribution < 1.29 is 0 Å². The highest BCUT2D eigenvalue weighted by molar-refractivity contribution is 5.85. The molecule has 2 heterocycles. The van der Waals surface area contributed by atoms with E-state index < -0.39 is 0 Å². The van der Waals surface area contributed by atoms with E-state index in [1.54, 1.807) is 24.7 Å². The summed E-state index contributed by atoms with van der Waals surface area (Å²) in [4.78, 5) is 12.7. The van der Waals surface area contributed by atoms with E-state index in [-0.39, 0.29) is 0 Å². The van der Waals surface area contributed by atoms with Crippen molar-refractivity contribution in [3.8, 4) is 17.5 Å². The second-order valence-electron chi connectivity index (χ2n) is 3.78. The normalized spacial score (nSPS) is 10.2. The molecule has 3 aromatic rings. The number of rotatable bonds is 1. The zero-order valence-electron chi connectivity index (χ0n) is 9.41. The first-order valence-electron chi connectivity index (χ1n) is 5.45. The topological polar surface area (TPSA) is 62.5 Å². The number of para-hydroxylation sites is 1. The van der Waals surface area contributed by atoms with Gasteiger partial charge in [-0.1, -0.05) is 18.2 Å². The van der Waals surface area contributed by atoms with Crippen LogP contribution in [0.2, 0.25) is 0 Å². The lowest BCUT2D eigenvalue weighted by Gasteiger charge is -2.03. The molecule has 0 saturated heterocycles. The van der Waals surface area contributed by atoms with E-state index in [1.165, 1.54) is 0 Å². The molecule has 0 N–H and O–H groups in total. The second-order valence-corrected chi connectivity index (χ2v) is 3.78. The Morgan fingerprint density at radius 2 is 1.94 bits per heavy atom. The van der Waals surface area contributed by atoms with Crippen molar-refractivity contribution in [1.29, 1.82) is 5.26 Å². The highest BCUT2D eigenvalue weighted by Gasteiger charge is 2.05. The Balaban J connectivity index is 2.26. The van der Waals surface area contributed by atoms with E-state index in [9.17, 15) is 0 Å². The van der Waals surface area contributed by atoms with Gasteiger partial charge in [0.1, 0.15) is 11.8 Å². The number of fused-ring (bicyclic) bond motifs is 1. The first kappa shape index (κ1) is 10.4. The number of aromatic nitrogens is 3. The molecule has 1 aromatic carbocycles. The molecular weight excluding hydrogens is 224 g/mol. The molecule has 0 aliphatic heterocycles. The molecule has 0 atom stereocenters. The highest BCUT2D eigenvalue weighted by Crippen LogP contribution is 2.20. The molecule has 0 fully saturated rings. The Hall–Kier alpha value is -2.80. The molecular formula is C14H8N4. The van der Waals surface area contributed by atoms with Crippen molar-refractivity contribution in [1.82, 2.24) is 15.0 Å². The summed E-state index contributed by atoms with van der Waals surface area (Å²) in [5.74, 6) is 0. The largest absolute Gasteiger partial charge is 0.261 e. The van der Waals surface area contributed by atoms with Crippen molar-refractivity contribution in [2.24, 2.45) is 0 Å². The molecule has 84 valence electrons. The van der Waals surface area contributed by atoms with Crippen LogP contribution in [0.5, 0.6) is 0 Å². The maximum atomic E-state index is 9.08. The second kappa shape index (κ2) is 4.22. The zero-order valence-corrected chi connectivity index (χ0v) is 9.41. The summed E-state index contributed by atoms with van der Waals surface area (Å²) in [5, 5.41) is 10.0. The molecule has 0 aliphatic rings. The molecule has 0 aliphatic carbocycles. The van der Waals surface area contributed by atoms with E-state index >= 15 is 0 Å². The maximum absolute atomic E-state index is 9.08. The summed E-state index contributed by atoms with van der Waals surface area (Å²) in [6.07, 6.45) is 4.89. The van der Waals surface area contributed by atoms with E-state index in [0.717, 1.165) is 11.1 Å². The first-order valence-corrected chi connectivity index (χ1v) is 5.45. The molecule has 0 saturated carbocycles. The lowest BCUT2D eigenvalue weighted by Crippen LogP contribution is -1.90. The van der Waals surface area contributed by atoms with Crippen LogP contribution in [0.25, 0.3) is 22.3 Å². The quantitative estimate of drug-likeness (QED) is 0.646.